The molecule has 1 heterocycles. The molecule has 3 rings (SSSR count). The molecule has 0 saturated carbocycles. The van der Waals surface area contributed by atoms with Gasteiger partial charge < -0.3 is 4.74 Å². The number of benzene rings is 2. The van der Waals surface area contributed by atoms with Crippen LogP contribution in [0.15, 0.2) is 52.1 Å². The Hall–Kier alpha value is -2.39. The van der Waals surface area contributed by atoms with Crippen LogP contribution in [0.25, 0.3) is 5.69 Å². The van der Waals surface area contributed by atoms with Gasteiger partial charge in [0.25, 0.3) is 0 Å². The van der Waals surface area contributed by atoms with E-state index in [1.807, 2.05) is 54.8 Å². The maximum atomic E-state index is 11.3. The van der Waals surface area contributed by atoms with E-state index in [9.17, 15) is 10.1 Å². The van der Waals surface area contributed by atoms with Gasteiger partial charge in [-0.1, -0.05) is 30.0 Å². The Morgan fingerprint density at radius 2 is 2.04 bits per heavy atom. The van der Waals surface area contributed by atoms with Crippen molar-refractivity contribution in [2.24, 2.45) is 0 Å². The van der Waals surface area contributed by atoms with Crippen LogP contribution in [0.3, 0.4) is 0 Å². The minimum absolute atomic E-state index is 0.233. The zero-order valence-corrected chi connectivity index (χ0v) is 18.0. The third-order valence-electron chi connectivity index (χ3n) is 4.17. The number of halogens is 1. The van der Waals surface area contributed by atoms with Crippen LogP contribution in [-0.2, 0) is 0 Å². The van der Waals surface area contributed by atoms with E-state index in [0.29, 0.717) is 10.9 Å². The molecule has 0 amide bonds. The van der Waals surface area contributed by atoms with Crippen molar-refractivity contribution in [1.82, 2.24) is 14.8 Å². The fourth-order valence-corrected chi connectivity index (χ4v) is 4.56. The molecule has 0 radical (unpaired) electrons. The minimum Gasteiger partial charge on any atom is -0.496 e. The molecule has 1 atom stereocenters. The Labute approximate surface area is 175 Å². The summed E-state index contributed by atoms with van der Waals surface area (Å²) < 4.78 is 7.92. The number of aryl methyl sites for hydroxylation is 2. The summed E-state index contributed by atoms with van der Waals surface area (Å²) in [4.78, 5) is 11.0. The molecule has 3 aromatic rings. The third kappa shape index (κ3) is 4.53. The molecule has 0 fully saturated rings. The average Bonchev–Trinajstić information content (AvgIpc) is 3.01. The predicted octanol–water partition coefficient (Wildman–Crippen LogP) is 4.77. The Bertz CT molecular complexity index is 1010. The van der Waals surface area contributed by atoms with Crippen molar-refractivity contribution in [3.8, 4) is 11.4 Å². The largest absolute Gasteiger partial charge is 0.496 e. The normalized spacial score (nSPS) is 12.0. The smallest absolute Gasteiger partial charge is 0.220 e. The third-order valence-corrected chi connectivity index (χ3v) is 5.97. The van der Waals surface area contributed by atoms with Crippen LogP contribution in [0, 0.1) is 24.0 Å². The standard InChI is InChI=1S/C19H19BrN4O3S/c1-12-5-4-6-15(9-12)24-13(2)21-22-19(24)28-18(11-23(25)26)14-7-8-17(27-3)16(20)10-14/h4-10,18H,11H2,1-3H3/t18-/m0/s1. The number of aromatic nitrogens is 3. The van der Waals surface area contributed by atoms with Crippen molar-refractivity contribution < 1.29 is 9.66 Å². The Balaban J connectivity index is 1.99. The summed E-state index contributed by atoms with van der Waals surface area (Å²) in [5.41, 5.74) is 2.86. The van der Waals surface area contributed by atoms with Gasteiger partial charge in [0.05, 0.1) is 11.6 Å². The van der Waals surface area contributed by atoms with Crippen molar-refractivity contribution in [2.75, 3.05) is 13.7 Å². The first-order chi connectivity index (χ1) is 13.4. The molecule has 9 heteroatoms. The van der Waals surface area contributed by atoms with Crippen LogP contribution in [0.5, 0.6) is 5.75 Å². The number of rotatable bonds is 7. The SMILES string of the molecule is COc1ccc([C@H](C[N+](=O)[O-])Sc2nnc(C)n2-c2cccc(C)c2)cc1Br. The van der Waals surface area contributed by atoms with E-state index < -0.39 is 5.25 Å². The molecule has 28 heavy (non-hydrogen) atoms. The Morgan fingerprint density at radius 1 is 1.25 bits per heavy atom. The summed E-state index contributed by atoms with van der Waals surface area (Å²) in [6.45, 7) is 3.65. The van der Waals surface area contributed by atoms with E-state index in [1.54, 1.807) is 13.2 Å². The first kappa shape index (κ1) is 20.3. The van der Waals surface area contributed by atoms with E-state index in [1.165, 1.54) is 11.8 Å². The Kier molecular flexibility index (Phi) is 6.35. The predicted molar refractivity (Wildman–Crippen MR) is 112 cm³/mol. The zero-order valence-electron chi connectivity index (χ0n) is 15.6. The first-order valence-corrected chi connectivity index (χ1v) is 10.2. The molecule has 7 nitrogen and oxygen atoms in total. The molecule has 0 saturated heterocycles. The van der Waals surface area contributed by atoms with Gasteiger partial charge in [0.1, 0.15) is 16.8 Å². The maximum absolute atomic E-state index is 11.3. The van der Waals surface area contributed by atoms with Gasteiger partial charge in [-0.25, -0.2) is 0 Å². The highest BCUT2D eigenvalue weighted by molar-refractivity contribution is 9.10. The van der Waals surface area contributed by atoms with Crippen molar-refractivity contribution in [3.63, 3.8) is 0 Å². The number of hydrogen-bond acceptors (Lipinski definition) is 6. The molecule has 1 aromatic heterocycles. The van der Waals surface area contributed by atoms with Gasteiger partial charge in [0.15, 0.2) is 5.16 Å². The second-order valence-corrected chi connectivity index (χ2v) is 8.24. The molecule has 0 aliphatic rings. The van der Waals surface area contributed by atoms with Gasteiger partial charge in [-0.15, -0.1) is 10.2 Å². The molecular formula is C19H19BrN4O3S. The zero-order chi connectivity index (χ0) is 20.3. The molecular weight excluding hydrogens is 444 g/mol. The van der Waals surface area contributed by atoms with E-state index in [4.69, 9.17) is 4.74 Å². The van der Waals surface area contributed by atoms with Crippen LogP contribution in [0.4, 0.5) is 0 Å². The number of methoxy groups -OCH3 is 1. The van der Waals surface area contributed by atoms with Gasteiger partial charge >= 0.3 is 0 Å². The summed E-state index contributed by atoms with van der Waals surface area (Å²) >= 11 is 4.78. The first-order valence-electron chi connectivity index (χ1n) is 8.50. The summed E-state index contributed by atoms with van der Waals surface area (Å²) in [6.07, 6.45) is 0. The second-order valence-electron chi connectivity index (χ2n) is 6.22. The summed E-state index contributed by atoms with van der Waals surface area (Å²) in [6, 6.07) is 13.5. The fourth-order valence-electron chi connectivity index (χ4n) is 2.84. The maximum Gasteiger partial charge on any atom is 0.220 e. The minimum atomic E-state index is -0.427. The molecule has 146 valence electrons. The van der Waals surface area contributed by atoms with Crippen LogP contribution in [0.2, 0.25) is 0 Å². The van der Waals surface area contributed by atoms with E-state index in [0.717, 1.165) is 27.1 Å². The molecule has 0 unspecified atom stereocenters. The van der Waals surface area contributed by atoms with Gasteiger partial charge in [0, 0.05) is 10.6 Å². The van der Waals surface area contributed by atoms with Crippen molar-refractivity contribution in [3.05, 3.63) is 74.0 Å². The van der Waals surface area contributed by atoms with Crippen LogP contribution in [0.1, 0.15) is 22.2 Å². The lowest BCUT2D eigenvalue weighted by Gasteiger charge is -2.15. The summed E-state index contributed by atoms with van der Waals surface area (Å²) in [5, 5.41) is 19.9. The lowest BCUT2D eigenvalue weighted by Crippen LogP contribution is -2.11. The lowest BCUT2D eigenvalue weighted by atomic mass is 10.1. The molecule has 0 N–H and O–H groups in total. The summed E-state index contributed by atoms with van der Waals surface area (Å²) in [5.74, 6) is 1.40. The highest BCUT2D eigenvalue weighted by Crippen LogP contribution is 2.38. The number of nitrogens with zero attached hydrogens (tertiary/aromatic N) is 4. The van der Waals surface area contributed by atoms with Crippen molar-refractivity contribution in [1.29, 1.82) is 0 Å². The van der Waals surface area contributed by atoms with E-state index in [-0.39, 0.29) is 11.5 Å². The van der Waals surface area contributed by atoms with Crippen molar-refractivity contribution >= 4 is 27.7 Å². The molecule has 2 aromatic carbocycles. The Morgan fingerprint density at radius 3 is 2.68 bits per heavy atom. The fraction of sp³-hybridized carbons (Fsp3) is 0.263. The number of thioether (sulfide) groups is 1. The monoisotopic (exact) mass is 462 g/mol. The quantitative estimate of drug-likeness (QED) is 0.285. The number of hydrogen-bond donors (Lipinski definition) is 0. The molecule has 0 bridgehead atoms. The lowest BCUT2D eigenvalue weighted by molar-refractivity contribution is -0.479. The van der Waals surface area contributed by atoms with Gasteiger partial charge in [-0.05, 0) is 65.2 Å². The topological polar surface area (TPSA) is 83.1 Å². The van der Waals surface area contributed by atoms with E-state index in [2.05, 4.69) is 26.1 Å². The number of ether oxygens (including phenoxy) is 1. The summed E-state index contributed by atoms with van der Waals surface area (Å²) in [7, 11) is 1.58. The van der Waals surface area contributed by atoms with Crippen LogP contribution in [-0.4, -0.2) is 33.3 Å². The van der Waals surface area contributed by atoms with Crippen molar-refractivity contribution in [2.45, 2.75) is 24.3 Å². The van der Waals surface area contributed by atoms with Crippen LogP contribution < -0.4 is 4.74 Å². The van der Waals surface area contributed by atoms with Crippen LogP contribution >= 0.6 is 27.7 Å². The van der Waals surface area contributed by atoms with E-state index >= 15 is 0 Å². The second kappa shape index (κ2) is 8.74. The average molecular weight is 463 g/mol. The molecule has 0 aliphatic carbocycles. The highest BCUT2D eigenvalue weighted by Gasteiger charge is 2.24. The van der Waals surface area contributed by atoms with Gasteiger partial charge in [0.2, 0.25) is 6.54 Å². The van der Waals surface area contributed by atoms with Gasteiger partial charge in [-0.2, -0.15) is 0 Å². The highest BCUT2D eigenvalue weighted by atomic mass is 79.9. The number of nitro groups is 1. The molecule has 0 aliphatic heterocycles. The molecule has 0 spiro atoms. The van der Waals surface area contributed by atoms with Gasteiger partial charge in [-0.3, -0.25) is 14.7 Å².